The van der Waals surface area contributed by atoms with E-state index in [0.717, 1.165) is 0 Å². The van der Waals surface area contributed by atoms with Gasteiger partial charge in [0.25, 0.3) is 0 Å². The average molecular weight is 363 g/mol. The standard InChI is InChI=1S/C14H29N5O4S/c1-13(2,16)12(14(3,4)17)19-10(21)8(6-24)18-9(20)5-7(15)11(22)23/h7-8,12,24H,5-6,15-17H2,1-4H3,(H,18,20)(H,19,21)(H,22,23)/t7-,8-/m0/s1. The van der Waals surface area contributed by atoms with Crippen LogP contribution in [0.25, 0.3) is 0 Å². The second-order valence-corrected chi connectivity index (χ2v) is 7.40. The van der Waals surface area contributed by atoms with E-state index < -0.39 is 53.4 Å². The Morgan fingerprint density at radius 2 is 1.54 bits per heavy atom. The Morgan fingerprint density at radius 1 is 1.08 bits per heavy atom. The van der Waals surface area contributed by atoms with Gasteiger partial charge in [0.2, 0.25) is 11.8 Å². The fourth-order valence-corrected chi connectivity index (χ4v) is 2.57. The summed E-state index contributed by atoms with van der Waals surface area (Å²) in [5, 5.41) is 13.8. The quantitative estimate of drug-likeness (QED) is 0.236. The number of thiol groups is 1. The van der Waals surface area contributed by atoms with Crippen molar-refractivity contribution in [2.45, 2.75) is 63.3 Å². The first-order chi connectivity index (χ1) is 10.7. The molecule has 0 bridgehead atoms. The highest BCUT2D eigenvalue weighted by atomic mass is 32.1. The maximum absolute atomic E-state index is 12.4. The monoisotopic (exact) mass is 363 g/mol. The Morgan fingerprint density at radius 3 is 1.88 bits per heavy atom. The second kappa shape index (κ2) is 8.65. The van der Waals surface area contributed by atoms with Gasteiger partial charge in [0.1, 0.15) is 12.1 Å². The molecule has 0 fully saturated rings. The highest BCUT2D eigenvalue weighted by molar-refractivity contribution is 7.80. The van der Waals surface area contributed by atoms with Crippen molar-refractivity contribution < 1.29 is 19.5 Å². The molecule has 0 saturated carbocycles. The third-order valence-electron chi connectivity index (χ3n) is 3.33. The van der Waals surface area contributed by atoms with Gasteiger partial charge in [-0.2, -0.15) is 12.6 Å². The molecule has 0 aliphatic heterocycles. The van der Waals surface area contributed by atoms with Crippen LogP contribution in [-0.2, 0) is 14.4 Å². The summed E-state index contributed by atoms with van der Waals surface area (Å²) in [7, 11) is 0. The van der Waals surface area contributed by atoms with Crippen LogP contribution in [0.4, 0.5) is 0 Å². The van der Waals surface area contributed by atoms with E-state index >= 15 is 0 Å². The Labute approximate surface area is 147 Å². The van der Waals surface area contributed by atoms with E-state index in [1.54, 1.807) is 27.7 Å². The van der Waals surface area contributed by atoms with E-state index in [-0.39, 0.29) is 5.75 Å². The van der Waals surface area contributed by atoms with Crippen molar-refractivity contribution >= 4 is 30.4 Å². The zero-order chi connectivity index (χ0) is 19.3. The van der Waals surface area contributed by atoms with Crippen LogP contribution in [0.1, 0.15) is 34.1 Å². The largest absolute Gasteiger partial charge is 0.480 e. The van der Waals surface area contributed by atoms with Crippen molar-refractivity contribution in [1.29, 1.82) is 0 Å². The van der Waals surface area contributed by atoms with Crippen molar-refractivity contribution in [1.82, 2.24) is 10.6 Å². The van der Waals surface area contributed by atoms with Gasteiger partial charge in [-0.15, -0.1) is 0 Å². The number of hydrogen-bond acceptors (Lipinski definition) is 7. The van der Waals surface area contributed by atoms with Crippen molar-refractivity contribution in [3.05, 3.63) is 0 Å². The van der Waals surface area contributed by atoms with Crippen LogP contribution in [0.3, 0.4) is 0 Å². The van der Waals surface area contributed by atoms with Gasteiger partial charge in [-0.05, 0) is 27.7 Å². The lowest BCUT2D eigenvalue weighted by molar-refractivity contribution is -0.140. The first-order valence-electron chi connectivity index (χ1n) is 7.46. The zero-order valence-corrected chi connectivity index (χ0v) is 15.4. The van der Waals surface area contributed by atoms with E-state index in [2.05, 4.69) is 23.3 Å². The predicted molar refractivity (Wildman–Crippen MR) is 94.5 cm³/mol. The van der Waals surface area contributed by atoms with Crippen molar-refractivity contribution in [2.24, 2.45) is 17.2 Å². The number of carbonyl (C=O) groups is 3. The summed E-state index contributed by atoms with van der Waals surface area (Å²) in [4.78, 5) is 34.9. The number of nitrogens with one attached hydrogen (secondary N) is 2. The SMILES string of the molecule is CC(C)(N)C(NC(=O)[C@H](CS)NC(=O)C[C@H](N)C(=O)O)C(C)(C)N. The smallest absolute Gasteiger partial charge is 0.321 e. The normalized spacial score (nSPS) is 14.9. The number of carboxylic acid groups (broad SMARTS) is 1. The molecule has 0 unspecified atom stereocenters. The van der Waals surface area contributed by atoms with Crippen LogP contribution in [0.15, 0.2) is 0 Å². The van der Waals surface area contributed by atoms with Gasteiger partial charge in [-0.25, -0.2) is 0 Å². The zero-order valence-electron chi connectivity index (χ0n) is 14.5. The fraction of sp³-hybridized carbons (Fsp3) is 0.786. The van der Waals surface area contributed by atoms with Crippen LogP contribution >= 0.6 is 12.6 Å². The summed E-state index contributed by atoms with van der Waals surface area (Å²) < 4.78 is 0. The molecule has 9 nitrogen and oxygen atoms in total. The molecule has 0 heterocycles. The Balaban J connectivity index is 4.97. The maximum Gasteiger partial charge on any atom is 0.321 e. The maximum atomic E-state index is 12.4. The minimum Gasteiger partial charge on any atom is -0.480 e. The van der Waals surface area contributed by atoms with Crippen LogP contribution < -0.4 is 27.8 Å². The van der Waals surface area contributed by atoms with Crippen LogP contribution in [-0.4, -0.2) is 57.8 Å². The molecule has 0 radical (unpaired) electrons. The highest BCUT2D eigenvalue weighted by Crippen LogP contribution is 2.16. The van der Waals surface area contributed by atoms with Gasteiger partial charge < -0.3 is 32.9 Å². The molecule has 0 rings (SSSR count). The van der Waals surface area contributed by atoms with Gasteiger partial charge in [-0.3, -0.25) is 14.4 Å². The molecule has 0 saturated heterocycles. The summed E-state index contributed by atoms with van der Waals surface area (Å²) in [5.41, 5.74) is 15.8. The number of carboxylic acids is 1. The molecule has 10 heteroatoms. The summed E-state index contributed by atoms with van der Waals surface area (Å²) >= 11 is 4.04. The number of aliphatic carboxylic acids is 1. The molecule has 0 aromatic carbocycles. The molecule has 0 spiro atoms. The van der Waals surface area contributed by atoms with E-state index in [4.69, 9.17) is 22.3 Å². The van der Waals surface area contributed by atoms with Gasteiger partial charge in [0.15, 0.2) is 0 Å². The Kier molecular flexibility index (Phi) is 8.16. The van der Waals surface area contributed by atoms with Crippen LogP contribution in [0, 0.1) is 0 Å². The van der Waals surface area contributed by atoms with Gasteiger partial charge in [0.05, 0.1) is 12.5 Å². The molecule has 0 aromatic heterocycles. The third kappa shape index (κ3) is 7.47. The Hall–Kier alpha value is -1.36. The molecule has 2 atom stereocenters. The molecule has 0 aliphatic carbocycles. The van der Waals surface area contributed by atoms with E-state index in [9.17, 15) is 14.4 Å². The lowest BCUT2D eigenvalue weighted by Crippen LogP contribution is -2.68. The number of amides is 2. The van der Waals surface area contributed by atoms with Crippen molar-refractivity contribution in [3.8, 4) is 0 Å². The van der Waals surface area contributed by atoms with E-state index in [0.29, 0.717) is 0 Å². The molecule has 0 aliphatic rings. The second-order valence-electron chi connectivity index (χ2n) is 7.04. The summed E-state index contributed by atoms with van der Waals surface area (Å²) in [5.74, 6) is -2.45. The van der Waals surface area contributed by atoms with E-state index in [1.807, 2.05) is 0 Å². The summed E-state index contributed by atoms with van der Waals surface area (Å²) in [6.45, 7) is 6.92. The first-order valence-corrected chi connectivity index (χ1v) is 8.10. The van der Waals surface area contributed by atoms with Crippen LogP contribution in [0.5, 0.6) is 0 Å². The minimum atomic E-state index is -1.34. The number of rotatable bonds is 9. The number of carbonyl (C=O) groups excluding carboxylic acids is 2. The third-order valence-corrected chi connectivity index (χ3v) is 3.70. The number of hydrogen-bond donors (Lipinski definition) is 7. The fourth-order valence-electron chi connectivity index (χ4n) is 2.31. The van der Waals surface area contributed by atoms with Gasteiger partial charge >= 0.3 is 5.97 Å². The average Bonchev–Trinajstić information content (AvgIpc) is 2.38. The highest BCUT2D eigenvalue weighted by Gasteiger charge is 2.38. The lowest BCUT2D eigenvalue weighted by atomic mass is 9.82. The van der Waals surface area contributed by atoms with Crippen molar-refractivity contribution in [2.75, 3.05) is 5.75 Å². The van der Waals surface area contributed by atoms with Gasteiger partial charge in [-0.1, -0.05) is 0 Å². The predicted octanol–water partition coefficient (Wildman–Crippen LogP) is -1.84. The van der Waals surface area contributed by atoms with Gasteiger partial charge in [0, 0.05) is 16.8 Å². The van der Waals surface area contributed by atoms with Crippen LogP contribution in [0.2, 0.25) is 0 Å². The lowest BCUT2D eigenvalue weighted by Gasteiger charge is -2.41. The summed E-state index contributed by atoms with van der Waals surface area (Å²) in [6.07, 6.45) is -0.443. The number of nitrogens with two attached hydrogens (primary N) is 3. The molecule has 140 valence electrons. The summed E-state index contributed by atoms with van der Waals surface area (Å²) in [6, 6.07) is -2.88. The molecular weight excluding hydrogens is 334 g/mol. The van der Waals surface area contributed by atoms with E-state index in [1.165, 1.54) is 0 Å². The topological polar surface area (TPSA) is 174 Å². The molecule has 9 N–H and O–H groups in total. The molecule has 2 amide bonds. The minimum absolute atomic E-state index is 0.0165. The Bertz CT molecular complexity index is 459. The first kappa shape index (κ1) is 22.6. The molecular formula is C14H29N5O4S. The molecule has 0 aromatic rings. The molecule has 24 heavy (non-hydrogen) atoms. The van der Waals surface area contributed by atoms with Crippen molar-refractivity contribution in [3.63, 3.8) is 0 Å².